The lowest BCUT2D eigenvalue weighted by atomic mass is 10.3. The van der Waals surface area contributed by atoms with Crippen LogP contribution in [0.15, 0.2) is 27.7 Å². The van der Waals surface area contributed by atoms with Gasteiger partial charge < -0.3 is 10.6 Å². The molecule has 0 amide bonds. The molecule has 0 aliphatic rings. The van der Waals surface area contributed by atoms with Crippen LogP contribution in [0.1, 0.15) is 5.56 Å². The van der Waals surface area contributed by atoms with Gasteiger partial charge in [0.25, 0.3) is 0 Å². The molecule has 2 aromatic heterocycles. The molecular formula is C10H13N5S2. The molecule has 0 aliphatic heterocycles. The van der Waals surface area contributed by atoms with E-state index in [-0.39, 0.29) is 0 Å². The van der Waals surface area contributed by atoms with Crippen LogP contribution in [0.4, 0.5) is 5.13 Å². The van der Waals surface area contributed by atoms with Gasteiger partial charge in [-0.15, -0.1) is 10.2 Å². The summed E-state index contributed by atoms with van der Waals surface area (Å²) >= 11 is 3.05. The molecule has 0 radical (unpaired) electrons. The molecule has 0 atom stereocenters. The van der Waals surface area contributed by atoms with E-state index in [1.165, 1.54) is 11.8 Å². The Labute approximate surface area is 108 Å². The minimum absolute atomic E-state index is 0.482. The highest BCUT2D eigenvalue weighted by atomic mass is 32.2. The number of nitrogens with two attached hydrogens (primary N) is 1. The third kappa shape index (κ3) is 2.93. The molecule has 0 saturated carbocycles. The van der Waals surface area contributed by atoms with E-state index in [0.29, 0.717) is 6.54 Å². The van der Waals surface area contributed by atoms with Crippen molar-refractivity contribution in [1.29, 1.82) is 0 Å². The Morgan fingerprint density at radius 1 is 1.41 bits per heavy atom. The molecule has 7 heteroatoms. The highest BCUT2D eigenvalue weighted by molar-refractivity contribution is 8.01. The molecular weight excluding hydrogens is 254 g/mol. The van der Waals surface area contributed by atoms with Gasteiger partial charge in [0.2, 0.25) is 5.13 Å². The van der Waals surface area contributed by atoms with E-state index in [4.69, 9.17) is 5.73 Å². The molecule has 0 unspecified atom stereocenters. The summed E-state index contributed by atoms with van der Waals surface area (Å²) in [5.74, 6) is 0. The first-order valence-corrected chi connectivity index (χ1v) is 6.66. The van der Waals surface area contributed by atoms with Crippen LogP contribution in [0.5, 0.6) is 0 Å². The summed E-state index contributed by atoms with van der Waals surface area (Å²) in [4.78, 5) is 6.24. The molecule has 17 heavy (non-hydrogen) atoms. The monoisotopic (exact) mass is 267 g/mol. The third-order valence-corrected chi connectivity index (χ3v) is 4.24. The van der Waals surface area contributed by atoms with Crippen molar-refractivity contribution >= 4 is 28.2 Å². The first-order valence-electron chi connectivity index (χ1n) is 5.03. The molecule has 2 rings (SSSR count). The van der Waals surface area contributed by atoms with Gasteiger partial charge in [0, 0.05) is 26.8 Å². The van der Waals surface area contributed by atoms with Crippen molar-refractivity contribution in [3.8, 4) is 0 Å². The Kier molecular flexibility index (Phi) is 3.93. The number of aromatic nitrogens is 3. The van der Waals surface area contributed by atoms with Crippen LogP contribution in [0.25, 0.3) is 0 Å². The van der Waals surface area contributed by atoms with Gasteiger partial charge in [-0.3, -0.25) is 0 Å². The van der Waals surface area contributed by atoms with E-state index < -0.39 is 0 Å². The maximum Gasteiger partial charge on any atom is 0.208 e. The fourth-order valence-electron chi connectivity index (χ4n) is 1.18. The van der Waals surface area contributed by atoms with Crippen molar-refractivity contribution < 1.29 is 0 Å². The van der Waals surface area contributed by atoms with Gasteiger partial charge in [-0.1, -0.05) is 17.4 Å². The fraction of sp³-hybridized carbons (Fsp3) is 0.300. The standard InChI is InChI=1S/C10H13N5S2/c1-15(2)9-13-14-10(17-9)16-8-7(6-11)4-3-5-12-8/h3-5H,6,11H2,1-2H3. The molecule has 2 aromatic rings. The average molecular weight is 267 g/mol. The van der Waals surface area contributed by atoms with Crippen molar-refractivity contribution in [2.75, 3.05) is 19.0 Å². The number of anilines is 1. The summed E-state index contributed by atoms with van der Waals surface area (Å²) < 4.78 is 0.877. The number of hydrogen-bond acceptors (Lipinski definition) is 7. The maximum absolute atomic E-state index is 5.66. The molecule has 0 aromatic carbocycles. The van der Waals surface area contributed by atoms with Crippen LogP contribution in [0, 0.1) is 0 Å². The Balaban J connectivity index is 2.19. The van der Waals surface area contributed by atoms with Gasteiger partial charge in [-0.2, -0.15) is 0 Å². The molecule has 2 heterocycles. The van der Waals surface area contributed by atoms with Gasteiger partial charge in [0.15, 0.2) is 4.34 Å². The lowest BCUT2D eigenvalue weighted by molar-refractivity contribution is 0.949. The van der Waals surface area contributed by atoms with E-state index in [1.54, 1.807) is 17.5 Å². The van der Waals surface area contributed by atoms with Crippen molar-refractivity contribution in [2.45, 2.75) is 15.9 Å². The Morgan fingerprint density at radius 3 is 2.88 bits per heavy atom. The zero-order chi connectivity index (χ0) is 12.3. The largest absolute Gasteiger partial charge is 0.353 e. The van der Waals surface area contributed by atoms with Crippen LogP contribution in [0.3, 0.4) is 0 Å². The molecule has 5 nitrogen and oxygen atoms in total. The topological polar surface area (TPSA) is 67.9 Å². The third-order valence-electron chi connectivity index (χ3n) is 2.03. The maximum atomic E-state index is 5.66. The van der Waals surface area contributed by atoms with Crippen molar-refractivity contribution in [1.82, 2.24) is 15.2 Å². The summed E-state index contributed by atoms with van der Waals surface area (Å²) in [7, 11) is 3.89. The average Bonchev–Trinajstić information content (AvgIpc) is 2.78. The normalized spacial score (nSPS) is 10.5. The van der Waals surface area contributed by atoms with Gasteiger partial charge in [-0.05, 0) is 23.4 Å². The van der Waals surface area contributed by atoms with Crippen LogP contribution in [-0.4, -0.2) is 29.3 Å². The van der Waals surface area contributed by atoms with Crippen LogP contribution >= 0.6 is 23.1 Å². The smallest absolute Gasteiger partial charge is 0.208 e. The number of hydrogen-bond donors (Lipinski definition) is 1. The number of nitrogens with zero attached hydrogens (tertiary/aromatic N) is 4. The fourth-order valence-corrected chi connectivity index (χ4v) is 2.95. The van der Waals surface area contributed by atoms with Crippen molar-refractivity contribution in [3.63, 3.8) is 0 Å². The van der Waals surface area contributed by atoms with Gasteiger partial charge in [0.05, 0.1) is 0 Å². The second-order valence-corrected chi connectivity index (χ2v) is 5.71. The first-order chi connectivity index (χ1) is 8.20. The van der Waals surface area contributed by atoms with E-state index >= 15 is 0 Å². The quantitative estimate of drug-likeness (QED) is 0.907. The number of rotatable bonds is 4. The highest BCUT2D eigenvalue weighted by Crippen LogP contribution is 2.32. The first kappa shape index (κ1) is 12.3. The van der Waals surface area contributed by atoms with Gasteiger partial charge in [0.1, 0.15) is 5.03 Å². The predicted molar refractivity (Wildman–Crippen MR) is 70.5 cm³/mol. The Hall–Kier alpha value is -1.18. The van der Waals surface area contributed by atoms with Crippen molar-refractivity contribution in [3.05, 3.63) is 23.9 Å². The van der Waals surface area contributed by atoms with Crippen LogP contribution < -0.4 is 10.6 Å². The summed E-state index contributed by atoms with van der Waals surface area (Å²) in [6, 6.07) is 3.86. The lowest BCUT2D eigenvalue weighted by Gasteiger charge is -2.04. The lowest BCUT2D eigenvalue weighted by Crippen LogP contribution is -2.07. The zero-order valence-electron chi connectivity index (χ0n) is 9.62. The molecule has 0 aliphatic carbocycles. The van der Waals surface area contributed by atoms with E-state index in [9.17, 15) is 0 Å². The summed E-state index contributed by atoms with van der Waals surface area (Å²) in [5.41, 5.74) is 6.69. The van der Waals surface area contributed by atoms with Crippen LogP contribution in [0.2, 0.25) is 0 Å². The highest BCUT2D eigenvalue weighted by Gasteiger charge is 2.10. The molecule has 0 spiro atoms. The molecule has 2 N–H and O–H groups in total. The minimum atomic E-state index is 0.482. The molecule has 0 saturated heterocycles. The molecule has 0 fully saturated rings. The number of pyridine rings is 1. The van der Waals surface area contributed by atoms with Crippen molar-refractivity contribution in [2.24, 2.45) is 5.73 Å². The van der Waals surface area contributed by atoms with E-state index in [2.05, 4.69) is 15.2 Å². The van der Waals surface area contributed by atoms with Gasteiger partial charge >= 0.3 is 0 Å². The van der Waals surface area contributed by atoms with Crippen LogP contribution in [-0.2, 0) is 6.54 Å². The zero-order valence-corrected chi connectivity index (χ0v) is 11.3. The van der Waals surface area contributed by atoms with Gasteiger partial charge in [-0.25, -0.2) is 4.98 Å². The molecule has 0 bridgehead atoms. The minimum Gasteiger partial charge on any atom is -0.353 e. The second kappa shape index (κ2) is 5.44. The summed E-state index contributed by atoms with van der Waals surface area (Å²) in [6.45, 7) is 0.482. The Morgan fingerprint density at radius 2 is 2.24 bits per heavy atom. The second-order valence-electron chi connectivity index (χ2n) is 3.52. The SMILES string of the molecule is CN(C)c1nnc(Sc2ncccc2CN)s1. The molecule has 90 valence electrons. The summed E-state index contributed by atoms with van der Waals surface area (Å²) in [6.07, 6.45) is 1.76. The predicted octanol–water partition coefficient (Wildman–Crippen LogP) is 1.61. The summed E-state index contributed by atoms with van der Waals surface area (Å²) in [5, 5.41) is 9.99. The van der Waals surface area contributed by atoms with E-state index in [1.807, 2.05) is 31.1 Å². The Bertz CT molecular complexity index is 497. The van der Waals surface area contributed by atoms with E-state index in [0.717, 1.165) is 20.1 Å².